The topological polar surface area (TPSA) is 85.8 Å². The molecule has 0 amide bonds. The number of nitrogens with two attached hydrogens (primary N) is 1. The molecule has 0 spiro atoms. The van der Waals surface area contributed by atoms with E-state index in [4.69, 9.17) is 10.7 Å². The zero-order chi connectivity index (χ0) is 17.5. The van der Waals surface area contributed by atoms with Gasteiger partial charge < -0.3 is 15.2 Å². The fourth-order valence-corrected chi connectivity index (χ4v) is 4.25. The Hall–Kier alpha value is -2.70. The first-order chi connectivity index (χ1) is 12.8. The number of para-hydroxylation sites is 1. The number of aromatic nitrogens is 5. The molecule has 0 bridgehead atoms. The van der Waals surface area contributed by atoms with Gasteiger partial charge in [-0.2, -0.15) is 4.98 Å². The number of rotatable bonds is 2. The lowest BCUT2D eigenvalue weighted by molar-refractivity contribution is 0.556. The van der Waals surface area contributed by atoms with E-state index in [0.717, 1.165) is 54.9 Å². The summed E-state index contributed by atoms with van der Waals surface area (Å²) in [4.78, 5) is 11.7. The molecule has 0 saturated carbocycles. The highest BCUT2D eigenvalue weighted by Gasteiger charge is 2.33. The van der Waals surface area contributed by atoms with Crippen molar-refractivity contribution < 1.29 is 0 Å². The van der Waals surface area contributed by atoms with Crippen LogP contribution in [0.4, 0.5) is 11.8 Å². The van der Waals surface area contributed by atoms with Gasteiger partial charge >= 0.3 is 0 Å². The summed E-state index contributed by atoms with van der Waals surface area (Å²) in [5, 5.41) is 9.95. The minimum Gasteiger partial charge on any atom is -0.383 e. The average Bonchev–Trinajstić information content (AvgIpc) is 3.22. The molecule has 2 aromatic heterocycles. The van der Waals surface area contributed by atoms with Gasteiger partial charge in [0, 0.05) is 24.9 Å². The number of nitrogens with zero attached hydrogens (tertiary/aromatic N) is 6. The molecule has 7 nitrogen and oxygen atoms in total. The van der Waals surface area contributed by atoms with Crippen molar-refractivity contribution in [2.24, 2.45) is 0 Å². The van der Waals surface area contributed by atoms with Crippen molar-refractivity contribution in [1.29, 1.82) is 0 Å². The van der Waals surface area contributed by atoms with Crippen LogP contribution in [0.1, 0.15) is 49.8 Å². The maximum Gasteiger partial charge on any atom is 0.228 e. The average molecular weight is 349 g/mol. The summed E-state index contributed by atoms with van der Waals surface area (Å²) in [6, 6.07) is 8.08. The third-order valence-corrected chi connectivity index (χ3v) is 5.57. The van der Waals surface area contributed by atoms with Gasteiger partial charge in [-0.1, -0.05) is 18.6 Å². The third-order valence-electron chi connectivity index (χ3n) is 5.57. The summed E-state index contributed by atoms with van der Waals surface area (Å²) >= 11 is 0. The quantitative estimate of drug-likeness (QED) is 0.766. The molecule has 2 aliphatic heterocycles. The molecule has 7 heteroatoms. The Kier molecular flexibility index (Phi) is 3.72. The molecule has 2 N–H and O–H groups in total. The molecule has 1 fully saturated rings. The highest BCUT2D eigenvalue weighted by Crippen LogP contribution is 2.35. The number of aryl methyl sites for hydroxylation is 1. The van der Waals surface area contributed by atoms with Crippen LogP contribution in [-0.4, -0.2) is 31.3 Å². The van der Waals surface area contributed by atoms with Crippen molar-refractivity contribution in [1.82, 2.24) is 24.7 Å². The predicted molar refractivity (Wildman–Crippen MR) is 101 cm³/mol. The molecule has 134 valence electrons. The Morgan fingerprint density at radius 3 is 2.85 bits per heavy atom. The van der Waals surface area contributed by atoms with Crippen molar-refractivity contribution in [3.8, 4) is 0 Å². The Morgan fingerprint density at radius 1 is 0.962 bits per heavy atom. The monoisotopic (exact) mass is 349 g/mol. The number of benzene rings is 1. The lowest BCUT2D eigenvalue weighted by Gasteiger charge is -2.25. The summed E-state index contributed by atoms with van der Waals surface area (Å²) in [5.41, 5.74) is 7.10. The van der Waals surface area contributed by atoms with Crippen molar-refractivity contribution in [2.45, 2.75) is 51.1 Å². The molecule has 1 unspecified atom stereocenters. The van der Waals surface area contributed by atoms with E-state index in [-0.39, 0.29) is 6.04 Å². The molecule has 1 aromatic carbocycles. The van der Waals surface area contributed by atoms with Crippen LogP contribution in [0.25, 0.3) is 10.9 Å². The van der Waals surface area contributed by atoms with E-state index in [2.05, 4.69) is 24.6 Å². The number of hydrogen-bond donors (Lipinski definition) is 1. The van der Waals surface area contributed by atoms with Gasteiger partial charge in [-0.3, -0.25) is 0 Å². The van der Waals surface area contributed by atoms with E-state index in [0.29, 0.717) is 11.8 Å². The largest absolute Gasteiger partial charge is 0.383 e. The standard InChI is InChI=1S/C19H23N7/c20-17-13-7-3-4-8-14(13)21-19(22-17)25-12-6-9-15(25)18-24-23-16-10-2-1-5-11-26(16)18/h3-4,7-8,15H,1-2,5-6,9-12H2,(H2,20,21,22). The normalized spacial score (nSPS) is 20.3. The summed E-state index contributed by atoms with van der Waals surface area (Å²) in [6.07, 6.45) is 6.85. The minimum atomic E-state index is 0.176. The molecule has 0 radical (unpaired) electrons. The van der Waals surface area contributed by atoms with Gasteiger partial charge in [-0.25, -0.2) is 4.98 Å². The van der Waals surface area contributed by atoms with E-state index in [1.165, 1.54) is 19.3 Å². The summed E-state index contributed by atoms with van der Waals surface area (Å²) in [7, 11) is 0. The van der Waals surface area contributed by atoms with Gasteiger partial charge in [-0.05, 0) is 37.8 Å². The second-order valence-corrected chi connectivity index (χ2v) is 7.21. The molecular weight excluding hydrogens is 326 g/mol. The van der Waals surface area contributed by atoms with Crippen LogP contribution in [0, 0.1) is 0 Å². The first-order valence-corrected chi connectivity index (χ1v) is 9.52. The number of hydrogen-bond acceptors (Lipinski definition) is 6. The van der Waals surface area contributed by atoms with E-state index in [9.17, 15) is 0 Å². The number of fused-ring (bicyclic) bond motifs is 2. The van der Waals surface area contributed by atoms with Gasteiger partial charge in [0.15, 0.2) is 5.82 Å². The second kappa shape index (κ2) is 6.23. The fourth-order valence-electron chi connectivity index (χ4n) is 4.25. The van der Waals surface area contributed by atoms with Crippen LogP contribution < -0.4 is 10.6 Å². The lowest BCUT2D eigenvalue weighted by atomic mass is 10.2. The SMILES string of the molecule is Nc1nc(N2CCCC2c2nnc3n2CCCCC3)nc2ccccc12. The molecule has 5 rings (SSSR count). The Labute approximate surface area is 152 Å². The number of nitrogen functional groups attached to an aromatic ring is 1. The van der Waals surface area contributed by atoms with Gasteiger partial charge in [0.05, 0.1) is 11.6 Å². The molecule has 2 aliphatic rings. The molecule has 1 atom stereocenters. The fraction of sp³-hybridized carbons (Fsp3) is 0.474. The van der Waals surface area contributed by atoms with Crippen molar-refractivity contribution in [2.75, 3.05) is 17.2 Å². The summed E-state index contributed by atoms with van der Waals surface area (Å²) in [6.45, 7) is 1.94. The summed E-state index contributed by atoms with van der Waals surface area (Å²) < 4.78 is 2.33. The number of anilines is 2. The molecule has 1 saturated heterocycles. The smallest absolute Gasteiger partial charge is 0.228 e. The van der Waals surface area contributed by atoms with Gasteiger partial charge in [-0.15, -0.1) is 10.2 Å². The first-order valence-electron chi connectivity index (χ1n) is 9.52. The van der Waals surface area contributed by atoms with E-state index in [1.54, 1.807) is 0 Å². The van der Waals surface area contributed by atoms with Crippen LogP contribution >= 0.6 is 0 Å². The first kappa shape index (κ1) is 15.5. The summed E-state index contributed by atoms with van der Waals surface area (Å²) in [5.74, 6) is 3.43. The van der Waals surface area contributed by atoms with Crippen LogP contribution in [0.15, 0.2) is 24.3 Å². The van der Waals surface area contributed by atoms with Gasteiger partial charge in [0.25, 0.3) is 0 Å². The second-order valence-electron chi connectivity index (χ2n) is 7.21. The van der Waals surface area contributed by atoms with E-state index in [1.807, 2.05) is 24.3 Å². The Morgan fingerprint density at radius 2 is 1.88 bits per heavy atom. The molecule has 0 aliphatic carbocycles. The molecular formula is C19H23N7. The Balaban J connectivity index is 1.55. The predicted octanol–water partition coefficient (Wildman–Crippen LogP) is 2.87. The van der Waals surface area contributed by atoms with Crippen LogP contribution in [-0.2, 0) is 13.0 Å². The van der Waals surface area contributed by atoms with Gasteiger partial charge in [0.1, 0.15) is 11.6 Å². The lowest BCUT2D eigenvalue weighted by Crippen LogP contribution is -2.27. The molecule has 4 heterocycles. The van der Waals surface area contributed by atoms with Crippen molar-refractivity contribution in [3.63, 3.8) is 0 Å². The zero-order valence-electron chi connectivity index (χ0n) is 14.8. The zero-order valence-corrected chi connectivity index (χ0v) is 14.8. The maximum absolute atomic E-state index is 6.21. The minimum absolute atomic E-state index is 0.176. The molecule has 26 heavy (non-hydrogen) atoms. The highest BCUT2D eigenvalue weighted by atomic mass is 15.4. The van der Waals surface area contributed by atoms with E-state index < -0.39 is 0 Å². The van der Waals surface area contributed by atoms with Crippen LogP contribution in [0.5, 0.6) is 0 Å². The maximum atomic E-state index is 6.21. The van der Waals surface area contributed by atoms with Gasteiger partial charge in [0.2, 0.25) is 5.95 Å². The highest BCUT2D eigenvalue weighted by molar-refractivity contribution is 5.88. The van der Waals surface area contributed by atoms with Crippen molar-refractivity contribution in [3.05, 3.63) is 35.9 Å². The molecule has 3 aromatic rings. The third kappa shape index (κ3) is 2.50. The van der Waals surface area contributed by atoms with Crippen LogP contribution in [0.3, 0.4) is 0 Å². The van der Waals surface area contributed by atoms with Crippen LogP contribution in [0.2, 0.25) is 0 Å². The van der Waals surface area contributed by atoms with E-state index >= 15 is 0 Å². The Bertz CT molecular complexity index is 948. The van der Waals surface area contributed by atoms with Crippen molar-refractivity contribution >= 4 is 22.7 Å².